The lowest BCUT2D eigenvalue weighted by atomic mass is 10.2. The molecule has 1 aliphatic heterocycles. The Morgan fingerprint density at radius 1 is 1.23 bits per heavy atom. The number of aromatic nitrogens is 2. The first-order valence-corrected chi connectivity index (χ1v) is 9.89. The summed E-state index contributed by atoms with van der Waals surface area (Å²) in [6, 6.07) is 9.70. The number of benzene rings is 1. The summed E-state index contributed by atoms with van der Waals surface area (Å²) in [4.78, 5) is 23.6. The Morgan fingerprint density at radius 3 is 2.73 bits per heavy atom. The molecular formula is C17H20N4O4S. The van der Waals surface area contributed by atoms with E-state index in [2.05, 4.69) is 10.4 Å². The van der Waals surface area contributed by atoms with Gasteiger partial charge in [-0.25, -0.2) is 8.42 Å². The number of nitrogens with one attached hydrogen (secondary N) is 1. The van der Waals surface area contributed by atoms with E-state index in [4.69, 9.17) is 0 Å². The van der Waals surface area contributed by atoms with Crippen molar-refractivity contribution in [2.24, 2.45) is 0 Å². The van der Waals surface area contributed by atoms with Crippen LogP contribution in [0.1, 0.15) is 22.3 Å². The van der Waals surface area contributed by atoms with Gasteiger partial charge in [0.05, 0.1) is 30.6 Å². The smallest absolute Gasteiger partial charge is 0.235 e. The van der Waals surface area contributed by atoms with Crippen LogP contribution < -0.4 is 5.32 Å². The van der Waals surface area contributed by atoms with Gasteiger partial charge in [0.2, 0.25) is 15.9 Å². The Kier molecular flexibility index (Phi) is 5.48. The highest BCUT2D eigenvalue weighted by atomic mass is 32.2. The van der Waals surface area contributed by atoms with Gasteiger partial charge in [-0.15, -0.1) is 0 Å². The van der Waals surface area contributed by atoms with E-state index in [0.717, 1.165) is 9.87 Å². The molecule has 1 amide bonds. The Morgan fingerprint density at radius 2 is 2.00 bits per heavy atom. The lowest BCUT2D eigenvalue weighted by Gasteiger charge is -2.25. The van der Waals surface area contributed by atoms with Crippen LogP contribution in [0.4, 0.5) is 0 Å². The van der Waals surface area contributed by atoms with E-state index >= 15 is 0 Å². The van der Waals surface area contributed by atoms with Crippen LogP contribution in [0.15, 0.2) is 42.7 Å². The predicted octanol–water partition coefficient (Wildman–Crippen LogP) is 0.266. The Hall–Kier alpha value is -2.52. The van der Waals surface area contributed by atoms with Crippen LogP contribution in [-0.4, -0.2) is 59.6 Å². The zero-order valence-electron chi connectivity index (χ0n) is 14.2. The summed E-state index contributed by atoms with van der Waals surface area (Å²) in [5.41, 5.74) is 1.44. The summed E-state index contributed by atoms with van der Waals surface area (Å²) in [7, 11) is -3.64. The fraction of sp³-hybridized carbons (Fsp3) is 0.353. The molecule has 2 heterocycles. The van der Waals surface area contributed by atoms with Crippen LogP contribution in [0.2, 0.25) is 0 Å². The van der Waals surface area contributed by atoms with Crippen LogP contribution in [0.3, 0.4) is 0 Å². The minimum Gasteiger partial charge on any atom is -0.354 e. The molecule has 1 N–H and O–H groups in total. The third-order valence-electron chi connectivity index (χ3n) is 4.13. The van der Waals surface area contributed by atoms with Gasteiger partial charge in [-0.1, -0.05) is 30.3 Å². The minimum absolute atomic E-state index is 0.141. The third kappa shape index (κ3) is 4.55. The molecule has 0 spiro atoms. The molecule has 1 fully saturated rings. The molecule has 1 saturated heterocycles. The molecular weight excluding hydrogens is 356 g/mol. The third-order valence-corrected chi connectivity index (χ3v) is 5.94. The molecule has 1 aliphatic rings. The van der Waals surface area contributed by atoms with E-state index in [1.807, 2.05) is 30.3 Å². The maximum absolute atomic E-state index is 12.3. The molecule has 138 valence electrons. The maximum Gasteiger partial charge on any atom is 0.235 e. The highest BCUT2D eigenvalue weighted by Crippen LogP contribution is 2.10. The normalized spacial score (nSPS) is 15.6. The minimum atomic E-state index is -3.64. The molecule has 0 aliphatic carbocycles. The zero-order chi connectivity index (χ0) is 18.6. The molecule has 1 aromatic carbocycles. The van der Waals surface area contributed by atoms with Crippen molar-refractivity contribution in [2.45, 2.75) is 13.0 Å². The number of carbonyl (C=O) groups excluding carboxylic acids is 2. The molecule has 26 heavy (non-hydrogen) atoms. The number of ketones is 1. The van der Waals surface area contributed by atoms with Crippen LogP contribution in [-0.2, 0) is 21.4 Å². The summed E-state index contributed by atoms with van der Waals surface area (Å²) in [6.45, 7) is 0.871. The summed E-state index contributed by atoms with van der Waals surface area (Å²) in [6.07, 6.45) is 2.93. The number of rotatable bonds is 7. The standard InChI is InChI=1S/C17H20N4O4S/c22-16(6-9-26(24,25)21-8-7-18-17(23)13-21)15-10-19-20(12-15)11-14-4-2-1-3-5-14/h1-5,10,12H,6-9,11,13H2,(H,18,23). The molecule has 0 unspecified atom stereocenters. The van der Waals surface area contributed by atoms with E-state index in [9.17, 15) is 18.0 Å². The first-order valence-electron chi connectivity index (χ1n) is 8.28. The molecule has 8 nitrogen and oxygen atoms in total. The summed E-state index contributed by atoms with van der Waals surface area (Å²) >= 11 is 0. The zero-order valence-corrected chi connectivity index (χ0v) is 15.0. The number of sulfonamides is 1. The summed E-state index contributed by atoms with van der Waals surface area (Å²) in [5, 5.41) is 6.73. The first kappa shape index (κ1) is 18.3. The summed E-state index contributed by atoms with van der Waals surface area (Å²) in [5.74, 6) is -0.925. The van der Waals surface area contributed by atoms with Gasteiger partial charge in [0, 0.05) is 25.7 Å². The number of carbonyl (C=O) groups is 2. The number of hydrogen-bond acceptors (Lipinski definition) is 5. The van der Waals surface area contributed by atoms with Crippen LogP contribution in [0, 0.1) is 0 Å². The molecule has 1 aromatic heterocycles. The maximum atomic E-state index is 12.3. The quantitative estimate of drug-likeness (QED) is 0.699. The van der Waals surface area contributed by atoms with Gasteiger partial charge in [-0.2, -0.15) is 9.40 Å². The molecule has 0 saturated carbocycles. The van der Waals surface area contributed by atoms with Crippen molar-refractivity contribution in [1.29, 1.82) is 0 Å². The van der Waals surface area contributed by atoms with Crippen molar-refractivity contribution in [3.63, 3.8) is 0 Å². The second-order valence-corrected chi connectivity index (χ2v) is 8.17. The van der Waals surface area contributed by atoms with Gasteiger partial charge >= 0.3 is 0 Å². The SMILES string of the molecule is O=C1CN(S(=O)(=O)CCC(=O)c2cnn(Cc3ccccc3)c2)CCN1. The Bertz CT molecular complexity index is 892. The van der Waals surface area contributed by atoms with E-state index < -0.39 is 10.0 Å². The van der Waals surface area contributed by atoms with E-state index in [1.54, 1.807) is 10.9 Å². The van der Waals surface area contributed by atoms with Crippen LogP contribution in [0.25, 0.3) is 0 Å². The average Bonchev–Trinajstić information content (AvgIpc) is 3.09. The lowest BCUT2D eigenvalue weighted by Crippen LogP contribution is -2.50. The topological polar surface area (TPSA) is 101 Å². The van der Waals surface area contributed by atoms with Crippen LogP contribution in [0.5, 0.6) is 0 Å². The number of amides is 1. The number of piperazine rings is 1. The fourth-order valence-electron chi connectivity index (χ4n) is 2.71. The van der Waals surface area contributed by atoms with Gasteiger partial charge in [0.25, 0.3) is 0 Å². The molecule has 0 bridgehead atoms. The molecule has 0 atom stereocenters. The van der Waals surface area contributed by atoms with Gasteiger partial charge in [0.15, 0.2) is 5.78 Å². The Balaban J connectivity index is 1.57. The fourth-order valence-corrected chi connectivity index (χ4v) is 4.10. The van der Waals surface area contributed by atoms with Crippen molar-refractivity contribution in [1.82, 2.24) is 19.4 Å². The highest BCUT2D eigenvalue weighted by molar-refractivity contribution is 7.89. The number of Topliss-reactive ketones (excluding diaryl/α,β-unsaturated/α-hetero) is 1. The lowest BCUT2D eigenvalue weighted by molar-refractivity contribution is -0.122. The van der Waals surface area contributed by atoms with Crippen molar-refractivity contribution in [2.75, 3.05) is 25.4 Å². The average molecular weight is 376 g/mol. The summed E-state index contributed by atoms with van der Waals surface area (Å²) < 4.78 is 27.3. The molecule has 3 rings (SSSR count). The monoisotopic (exact) mass is 376 g/mol. The largest absolute Gasteiger partial charge is 0.354 e. The van der Waals surface area contributed by atoms with Gasteiger partial charge in [0.1, 0.15) is 0 Å². The second-order valence-electron chi connectivity index (χ2n) is 6.08. The second kappa shape index (κ2) is 7.79. The predicted molar refractivity (Wildman–Crippen MR) is 95.1 cm³/mol. The van der Waals surface area contributed by atoms with Crippen LogP contribution >= 0.6 is 0 Å². The van der Waals surface area contributed by atoms with E-state index in [1.165, 1.54) is 6.20 Å². The van der Waals surface area contributed by atoms with Crippen molar-refractivity contribution in [3.05, 3.63) is 53.9 Å². The molecule has 9 heteroatoms. The van der Waals surface area contributed by atoms with E-state index in [0.29, 0.717) is 12.1 Å². The van der Waals surface area contributed by atoms with E-state index in [-0.39, 0.29) is 43.5 Å². The Labute approximate surface area is 151 Å². The highest BCUT2D eigenvalue weighted by Gasteiger charge is 2.28. The molecule has 0 radical (unpaired) electrons. The van der Waals surface area contributed by atoms with Gasteiger partial charge < -0.3 is 5.32 Å². The number of nitrogens with zero attached hydrogens (tertiary/aromatic N) is 3. The molecule has 2 aromatic rings. The van der Waals surface area contributed by atoms with Gasteiger partial charge in [-0.05, 0) is 5.56 Å². The first-order chi connectivity index (χ1) is 12.4. The number of hydrogen-bond donors (Lipinski definition) is 1. The van der Waals surface area contributed by atoms with Crippen molar-refractivity contribution >= 4 is 21.7 Å². The van der Waals surface area contributed by atoms with Crippen molar-refractivity contribution in [3.8, 4) is 0 Å². The van der Waals surface area contributed by atoms with Crippen molar-refractivity contribution < 1.29 is 18.0 Å². The van der Waals surface area contributed by atoms with Gasteiger partial charge in [-0.3, -0.25) is 14.3 Å².